The molecule has 0 bridgehead atoms. The number of methoxy groups -OCH3 is 1. The van der Waals surface area contributed by atoms with Gasteiger partial charge in [-0.3, -0.25) is 9.79 Å². The van der Waals surface area contributed by atoms with Crippen LogP contribution in [0.25, 0.3) is 0 Å². The molecular weight excluding hydrogens is 356 g/mol. The topological polar surface area (TPSA) is 95.0 Å². The number of aromatic hydroxyl groups is 1. The van der Waals surface area contributed by atoms with Crippen LogP contribution in [0.3, 0.4) is 0 Å². The molecule has 1 aromatic carbocycles. The van der Waals surface area contributed by atoms with E-state index in [2.05, 4.69) is 41.7 Å². The second-order valence-electron chi connectivity index (χ2n) is 7.98. The van der Waals surface area contributed by atoms with Crippen LogP contribution in [0.15, 0.2) is 29.3 Å². The number of benzene rings is 1. The lowest BCUT2D eigenvalue weighted by Crippen LogP contribution is -2.69. The highest BCUT2D eigenvalue weighted by molar-refractivity contribution is 5.94. The maximum Gasteiger partial charge on any atom is 0.251 e. The van der Waals surface area contributed by atoms with E-state index in [-0.39, 0.29) is 22.7 Å². The van der Waals surface area contributed by atoms with Crippen LogP contribution in [-0.4, -0.2) is 55.4 Å². The van der Waals surface area contributed by atoms with Crippen LogP contribution in [0.2, 0.25) is 0 Å². The third-order valence-electron chi connectivity index (χ3n) is 5.93. The predicted octanol–water partition coefficient (Wildman–Crippen LogP) is 2.27. The number of aliphatic imine (C=N–C) groups is 1. The molecule has 0 radical (unpaired) electrons. The second-order valence-corrected chi connectivity index (χ2v) is 7.98. The summed E-state index contributed by atoms with van der Waals surface area (Å²) in [6.07, 6.45) is 1.66. The Morgan fingerprint density at radius 2 is 2.07 bits per heavy atom. The zero-order valence-corrected chi connectivity index (χ0v) is 17.6. The molecule has 2 atom stereocenters. The molecule has 28 heavy (non-hydrogen) atoms. The molecule has 1 aromatic rings. The largest absolute Gasteiger partial charge is 0.508 e. The fourth-order valence-corrected chi connectivity index (χ4v) is 3.43. The molecule has 0 saturated heterocycles. The number of carbonyl (C=O) groups excluding carboxylic acids is 1. The van der Waals surface area contributed by atoms with Crippen molar-refractivity contribution in [1.29, 1.82) is 0 Å². The molecule has 0 heterocycles. The van der Waals surface area contributed by atoms with Crippen LogP contribution in [0.1, 0.15) is 50.9 Å². The van der Waals surface area contributed by atoms with Gasteiger partial charge in [-0.05, 0) is 44.9 Å². The Hall–Kier alpha value is -2.28. The van der Waals surface area contributed by atoms with Gasteiger partial charge >= 0.3 is 0 Å². The van der Waals surface area contributed by atoms with E-state index in [0.29, 0.717) is 24.7 Å². The van der Waals surface area contributed by atoms with Crippen LogP contribution in [-0.2, 0) is 4.74 Å². The third kappa shape index (κ3) is 4.95. The normalized spacial score (nSPS) is 23.6. The lowest BCUT2D eigenvalue weighted by atomic mass is 9.56. The molecule has 1 aliphatic carbocycles. The summed E-state index contributed by atoms with van der Waals surface area (Å²) in [5, 5.41) is 19.1. The predicted molar refractivity (Wildman–Crippen MR) is 112 cm³/mol. The number of phenolic OH excluding ortho intramolecular Hbond substituents is 1. The van der Waals surface area contributed by atoms with Gasteiger partial charge in [-0.15, -0.1) is 0 Å². The highest BCUT2D eigenvalue weighted by atomic mass is 16.5. The molecule has 1 amide bonds. The van der Waals surface area contributed by atoms with E-state index in [9.17, 15) is 9.90 Å². The van der Waals surface area contributed by atoms with Crippen molar-refractivity contribution in [3.05, 3.63) is 29.8 Å². The summed E-state index contributed by atoms with van der Waals surface area (Å²) >= 11 is 0. The van der Waals surface area contributed by atoms with Gasteiger partial charge < -0.3 is 25.8 Å². The summed E-state index contributed by atoms with van der Waals surface area (Å²) in [6, 6.07) is 6.61. The van der Waals surface area contributed by atoms with Crippen molar-refractivity contribution in [1.82, 2.24) is 16.0 Å². The SMILES string of the molecule is CCNC(=NCCCNC(=O)c1cccc(O)c1)NC1CC(C)(OC)C1(C)C. The monoisotopic (exact) mass is 390 g/mol. The Kier molecular flexibility index (Phi) is 7.29. The molecule has 0 aromatic heterocycles. The Balaban J connectivity index is 1.79. The van der Waals surface area contributed by atoms with Crippen LogP contribution in [0.4, 0.5) is 0 Å². The van der Waals surface area contributed by atoms with Gasteiger partial charge in [0, 0.05) is 43.8 Å². The van der Waals surface area contributed by atoms with Gasteiger partial charge in [0.2, 0.25) is 0 Å². The third-order valence-corrected chi connectivity index (χ3v) is 5.93. The lowest BCUT2D eigenvalue weighted by molar-refractivity contribution is -0.176. The van der Waals surface area contributed by atoms with Crippen molar-refractivity contribution in [2.24, 2.45) is 10.4 Å². The van der Waals surface area contributed by atoms with E-state index in [0.717, 1.165) is 25.3 Å². The van der Waals surface area contributed by atoms with E-state index in [1.54, 1.807) is 25.3 Å². The Labute approximate surface area is 168 Å². The van der Waals surface area contributed by atoms with Crippen LogP contribution >= 0.6 is 0 Å². The van der Waals surface area contributed by atoms with Crippen molar-refractivity contribution in [2.75, 3.05) is 26.7 Å². The minimum absolute atomic E-state index is 0.00710. The molecule has 156 valence electrons. The number of rotatable bonds is 8. The number of phenols is 1. The summed E-state index contributed by atoms with van der Waals surface area (Å²) in [5.74, 6) is 0.681. The average molecular weight is 391 g/mol. The summed E-state index contributed by atoms with van der Waals surface area (Å²) in [5.41, 5.74) is 0.331. The van der Waals surface area contributed by atoms with Crippen molar-refractivity contribution in [3.8, 4) is 5.75 Å². The molecule has 2 unspecified atom stereocenters. The van der Waals surface area contributed by atoms with Crippen molar-refractivity contribution in [2.45, 2.75) is 52.2 Å². The van der Waals surface area contributed by atoms with E-state index >= 15 is 0 Å². The van der Waals surface area contributed by atoms with Gasteiger partial charge in [0.15, 0.2) is 5.96 Å². The first kappa shape index (κ1) is 22.0. The summed E-state index contributed by atoms with van der Waals surface area (Å²) in [7, 11) is 1.77. The minimum Gasteiger partial charge on any atom is -0.508 e. The second kappa shape index (κ2) is 9.28. The molecule has 1 fully saturated rings. The summed E-state index contributed by atoms with van der Waals surface area (Å²) in [6.45, 7) is 10.5. The van der Waals surface area contributed by atoms with Crippen LogP contribution in [0, 0.1) is 5.41 Å². The molecule has 7 heteroatoms. The standard InChI is InChI=1S/C21H34N4O3/c1-6-22-19(25-17-14-21(4,28-5)20(17,2)3)24-12-8-11-23-18(27)15-9-7-10-16(26)13-15/h7,9-10,13,17,26H,6,8,11-12,14H2,1-5H3,(H,23,27)(H2,22,24,25). The highest BCUT2D eigenvalue weighted by Crippen LogP contribution is 2.51. The first-order valence-electron chi connectivity index (χ1n) is 9.90. The molecule has 7 nitrogen and oxygen atoms in total. The Morgan fingerprint density at radius 1 is 1.32 bits per heavy atom. The molecule has 1 saturated carbocycles. The van der Waals surface area contributed by atoms with E-state index in [1.165, 1.54) is 6.07 Å². The maximum atomic E-state index is 12.1. The van der Waals surface area contributed by atoms with Gasteiger partial charge in [0.1, 0.15) is 5.75 Å². The molecule has 0 aliphatic heterocycles. The molecule has 4 N–H and O–H groups in total. The number of guanidine groups is 1. The van der Waals surface area contributed by atoms with Crippen molar-refractivity contribution >= 4 is 11.9 Å². The van der Waals surface area contributed by atoms with Gasteiger partial charge in [0.05, 0.1) is 5.60 Å². The number of ether oxygens (including phenoxy) is 1. The van der Waals surface area contributed by atoms with E-state index in [4.69, 9.17) is 4.74 Å². The number of hydrogen-bond donors (Lipinski definition) is 4. The number of carbonyl (C=O) groups is 1. The van der Waals surface area contributed by atoms with Gasteiger partial charge in [-0.1, -0.05) is 19.9 Å². The number of nitrogens with one attached hydrogen (secondary N) is 3. The number of amides is 1. The van der Waals surface area contributed by atoms with E-state index < -0.39 is 0 Å². The van der Waals surface area contributed by atoms with Gasteiger partial charge in [-0.2, -0.15) is 0 Å². The smallest absolute Gasteiger partial charge is 0.251 e. The zero-order valence-electron chi connectivity index (χ0n) is 17.6. The fraction of sp³-hybridized carbons (Fsp3) is 0.619. The number of nitrogens with zero attached hydrogens (tertiary/aromatic N) is 1. The average Bonchev–Trinajstić information content (AvgIpc) is 2.66. The van der Waals surface area contributed by atoms with E-state index in [1.807, 2.05) is 6.92 Å². The molecule has 2 rings (SSSR count). The fourth-order valence-electron chi connectivity index (χ4n) is 3.43. The Bertz CT molecular complexity index is 705. The van der Waals surface area contributed by atoms with Crippen LogP contribution < -0.4 is 16.0 Å². The number of hydrogen-bond acceptors (Lipinski definition) is 4. The van der Waals surface area contributed by atoms with Crippen molar-refractivity contribution in [3.63, 3.8) is 0 Å². The first-order valence-corrected chi connectivity index (χ1v) is 9.90. The van der Waals surface area contributed by atoms with Crippen molar-refractivity contribution < 1.29 is 14.6 Å². The Morgan fingerprint density at radius 3 is 2.68 bits per heavy atom. The minimum atomic E-state index is -0.194. The first-order chi connectivity index (χ1) is 13.2. The van der Waals surface area contributed by atoms with Gasteiger partial charge in [-0.25, -0.2) is 0 Å². The maximum absolute atomic E-state index is 12.1. The quantitative estimate of drug-likeness (QED) is 0.310. The molecular formula is C21H34N4O3. The zero-order chi connectivity index (χ0) is 20.8. The molecule has 1 aliphatic rings. The molecule has 0 spiro atoms. The van der Waals surface area contributed by atoms with Gasteiger partial charge in [0.25, 0.3) is 5.91 Å². The van der Waals surface area contributed by atoms with Crippen LogP contribution in [0.5, 0.6) is 5.75 Å². The summed E-state index contributed by atoms with van der Waals surface area (Å²) < 4.78 is 5.68. The lowest BCUT2D eigenvalue weighted by Gasteiger charge is -2.59. The summed E-state index contributed by atoms with van der Waals surface area (Å²) in [4.78, 5) is 16.7. The highest BCUT2D eigenvalue weighted by Gasteiger charge is 2.58.